The van der Waals surface area contributed by atoms with Crippen LogP contribution in [0.3, 0.4) is 0 Å². The van der Waals surface area contributed by atoms with Gasteiger partial charge < -0.3 is 14.4 Å². The Morgan fingerprint density at radius 2 is 1.88 bits per heavy atom. The minimum atomic E-state index is -0.0572. The fraction of sp³-hybridized carbons (Fsp3) is 0.609. The summed E-state index contributed by atoms with van der Waals surface area (Å²) in [6.07, 6.45) is 2.13. The molecule has 1 atom stereocenters. The number of rotatable bonds is 6. The Morgan fingerprint density at radius 1 is 1.09 bits per heavy atom. The van der Waals surface area contributed by atoms with E-state index in [1.54, 1.807) is 18.8 Å². The number of ether oxygens (including phenoxy) is 2. The summed E-state index contributed by atoms with van der Waals surface area (Å²) in [6, 6.07) is 5.89. The number of fused-ring (bicyclic) bond motifs is 1. The topological polar surface area (TPSA) is 81.8 Å². The van der Waals surface area contributed by atoms with Crippen molar-refractivity contribution >= 4 is 5.91 Å². The van der Waals surface area contributed by atoms with Crippen LogP contribution < -0.4 is 15.2 Å². The van der Waals surface area contributed by atoms with Gasteiger partial charge in [-0.2, -0.15) is 5.10 Å². The minimum Gasteiger partial charge on any atom is -0.497 e. The maximum Gasteiger partial charge on any atom is 0.345 e. The van der Waals surface area contributed by atoms with Gasteiger partial charge in [-0.3, -0.25) is 14.3 Å². The van der Waals surface area contributed by atoms with Crippen molar-refractivity contribution in [3.05, 3.63) is 40.1 Å². The highest BCUT2D eigenvalue weighted by molar-refractivity contribution is 5.79. The third kappa shape index (κ3) is 4.53. The summed E-state index contributed by atoms with van der Waals surface area (Å²) in [5.74, 6) is 2.58. The smallest absolute Gasteiger partial charge is 0.345 e. The summed E-state index contributed by atoms with van der Waals surface area (Å²) in [7, 11) is 3.32. The lowest BCUT2D eigenvalue weighted by Gasteiger charge is -2.36. The van der Waals surface area contributed by atoms with Crippen LogP contribution in [0, 0.1) is 5.92 Å². The second-order valence-electron chi connectivity index (χ2n) is 8.47. The predicted octanol–water partition coefficient (Wildman–Crippen LogP) is 1.38. The summed E-state index contributed by atoms with van der Waals surface area (Å²) < 4.78 is 14.1. The molecule has 0 spiro atoms. The number of benzene rings is 1. The van der Waals surface area contributed by atoms with Crippen molar-refractivity contribution in [1.82, 2.24) is 24.1 Å². The average Bonchev–Trinajstić information content (AvgIpc) is 2.99. The zero-order valence-corrected chi connectivity index (χ0v) is 19.2. The molecule has 0 radical (unpaired) electrons. The van der Waals surface area contributed by atoms with Crippen LogP contribution >= 0.6 is 0 Å². The van der Waals surface area contributed by atoms with Crippen molar-refractivity contribution in [2.45, 2.75) is 45.8 Å². The second kappa shape index (κ2) is 9.77. The third-order valence-electron chi connectivity index (χ3n) is 6.64. The number of carbonyl (C=O) groups is 1. The van der Waals surface area contributed by atoms with Gasteiger partial charge in [-0.15, -0.1) is 0 Å². The Morgan fingerprint density at radius 3 is 2.56 bits per heavy atom. The molecule has 1 unspecified atom stereocenters. The number of hydrogen-bond acceptors (Lipinski definition) is 6. The molecule has 9 nitrogen and oxygen atoms in total. The molecule has 174 valence electrons. The highest BCUT2D eigenvalue weighted by Gasteiger charge is 2.30. The van der Waals surface area contributed by atoms with Gasteiger partial charge in [0.05, 0.1) is 14.2 Å². The van der Waals surface area contributed by atoms with Gasteiger partial charge in [0.2, 0.25) is 5.91 Å². The van der Waals surface area contributed by atoms with E-state index in [-0.39, 0.29) is 17.5 Å². The van der Waals surface area contributed by atoms with Gasteiger partial charge in [0.25, 0.3) is 0 Å². The molecule has 1 aromatic carbocycles. The normalized spacial score (nSPS) is 19.3. The number of nitrogens with zero attached hydrogens (tertiary/aromatic N) is 5. The molecule has 2 aliphatic rings. The lowest BCUT2D eigenvalue weighted by molar-refractivity contribution is -0.137. The van der Waals surface area contributed by atoms with Crippen LogP contribution in [-0.4, -0.2) is 70.5 Å². The molecular weight excluding hydrogens is 410 g/mol. The molecule has 32 heavy (non-hydrogen) atoms. The zero-order chi connectivity index (χ0) is 22.7. The summed E-state index contributed by atoms with van der Waals surface area (Å²) >= 11 is 0. The Labute approximate surface area is 188 Å². The van der Waals surface area contributed by atoms with Gasteiger partial charge in [-0.05, 0) is 25.8 Å². The fourth-order valence-corrected chi connectivity index (χ4v) is 4.69. The number of hydrogen-bond donors (Lipinski definition) is 0. The molecule has 4 rings (SSSR count). The molecule has 1 aromatic heterocycles. The largest absolute Gasteiger partial charge is 0.497 e. The van der Waals surface area contributed by atoms with E-state index in [9.17, 15) is 9.59 Å². The van der Waals surface area contributed by atoms with Crippen molar-refractivity contribution in [3.63, 3.8) is 0 Å². The Balaban J connectivity index is 1.32. The zero-order valence-electron chi connectivity index (χ0n) is 19.2. The van der Waals surface area contributed by atoms with Gasteiger partial charge in [-0.1, -0.05) is 6.07 Å². The lowest BCUT2D eigenvalue weighted by Crippen LogP contribution is -2.50. The predicted molar refractivity (Wildman–Crippen MR) is 120 cm³/mol. The van der Waals surface area contributed by atoms with Crippen LogP contribution in [0.5, 0.6) is 11.5 Å². The molecule has 0 N–H and O–H groups in total. The fourth-order valence-electron chi connectivity index (χ4n) is 4.69. The molecule has 0 aliphatic carbocycles. The first-order valence-corrected chi connectivity index (χ1v) is 11.4. The van der Waals surface area contributed by atoms with E-state index in [4.69, 9.17) is 9.47 Å². The number of piperazine rings is 1. The SMILES string of the molecule is CCn1nc2n(c1=O)CCC(C(=O)N1CCN(Cc3ccc(OC)cc3OC)CC1)CC2. The minimum absolute atomic E-state index is 0.0422. The van der Waals surface area contributed by atoms with Crippen molar-refractivity contribution < 1.29 is 14.3 Å². The Kier molecular flexibility index (Phi) is 6.83. The summed E-state index contributed by atoms with van der Waals surface area (Å²) in [5.41, 5.74) is 1.06. The van der Waals surface area contributed by atoms with E-state index in [0.717, 1.165) is 62.0 Å². The highest BCUT2D eigenvalue weighted by atomic mass is 16.5. The summed E-state index contributed by atoms with van der Waals surface area (Å²) in [5, 5.41) is 4.43. The number of methoxy groups -OCH3 is 2. The van der Waals surface area contributed by atoms with E-state index < -0.39 is 0 Å². The molecule has 1 amide bonds. The van der Waals surface area contributed by atoms with Crippen LogP contribution in [0.1, 0.15) is 31.2 Å². The monoisotopic (exact) mass is 443 g/mol. The molecule has 0 bridgehead atoms. The van der Waals surface area contributed by atoms with Crippen molar-refractivity contribution in [3.8, 4) is 11.5 Å². The molecule has 3 heterocycles. The quantitative estimate of drug-likeness (QED) is 0.671. The second-order valence-corrected chi connectivity index (χ2v) is 8.47. The van der Waals surface area contributed by atoms with Crippen molar-refractivity contribution in [1.29, 1.82) is 0 Å². The van der Waals surface area contributed by atoms with E-state index in [1.165, 1.54) is 4.68 Å². The number of amides is 1. The van der Waals surface area contributed by atoms with Crippen LogP contribution in [0.2, 0.25) is 0 Å². The van der Waals surface area contributed by atoms with Gasteiger partial charge in [-0.25, -0.2) is 9.48 Å². The maximum absolute atomic E-state index is 13.2. The van der Waals surface area contributed by atoms with Crippen molar-refractivity contribution in [2.24, 2.45) is 5.92 Å². The van der Waals surface area contributed by atoms with Gasteiger partial charge in [0.15, 0.2) is 0 Å². The third-order valence-corrected chi connectivity index (χ3v) is 6.64. The first-order valence-electron chi connectivity index (χ1n) is 11.4. The molecule has 0 saturated carbocycles. The van der Waals surface area contributed by atoms with Gasteiger partial charge >= 0.3 is 5.69 Å². The summed E-state index contributed by atoms with van der Waals surface area (Å²) in [4.78, 5) is 29.9. The van der Waals surface area contributed by atoms with Crippen LogP contribution in [0.25, 0.3) is 0 Å². The van der Waals surface area contributed by atoms with Crippen LogP contribution in [-0.2, 0) is 30.8 Å². The lowest BCUT2D eigenvalue weighted by atomic mass is 9.98. The standard InChI is InChI=1S/C23H33N5O4/c1-4-28-23(30)27-10-9-17(6-8-21(27)24-28)22(29)26-13-11-25(12-14-26)16-18-5-7-19(31-2)15-20(18)32-3/h5,7,15,17H,4,6,8-14,16H2,1-3H3. The van der Waals surface area contributed by atoms with Crippen LogP contribution in [0.4, 0.5) is 0 Å². The molecular formula is C23H33N5O4. The summed E-state index contributed by atoms with van der Waals surface area (Å²) in [6.45, 7) is 6.96. The maximum atomic E-state index is 13.2. The highest BCUT2D eigenvalue weighted by Crippen LogP contribution is 2.26. The first-order chi connectivity index (χ1) is 15.5. The average molecular weight is 444 g/mol. The van der Waals surface area contributed by atoms with E-state index in [2.05, 4.69) is 10.00 Å². The number of aromatic nitrogens is 3. The number of carbonyl (C=O) groups excluding carboxylic acids is 1. The molecule has 1 fully saturated rings. The molecule has 2 aliphatic heterocycles. The van der Waals surface area contributed by atoms with E-state index >= 15 is 0 Å². The molecule has 9 heteroatoms. The molecule has 1 saturated heterocycles. The van der Waals surface area contributed by atoms with Gasteiger partial charge in [0.1, 0.15) is 17.3 Å². The molecule has 2 aromatic rings. The number of aryl methyl sites for hydroxylation is 2. The Bertz CT molecular complexity index is 1010. The van der Waals surface area contributed by atoms with E-state index in [0.29, 0.717) is 25.9 Å². The first kappa shape index (κ1) is 22.4. The van der Waals surface area contributed by atoms with Crippen molar-refractivity contribution in [2.75, 3.05) is 40.4 Å². The van der Waals surface area contributed by atoms with Gasteiger partial charge in [0, 0.05) is 69.8 Å². The van der Waals surface area contributed by atoms with E-state index in [1.807, 2.05) is 30.0 Å². The van der Waals surface area contributed by atoms with Crippen LogP contribution in [0.15, 0.2) is 23.0 Å². The Hall–Kier alpha value is -2.81.